The van der Waals surface area contributed by atoms with Crippen LogP contribution in [-0.4, -0.2) is 27.5 Å². The Kier molecular flexibility index (Phi) is 4.58. The van der Waals surface area contributed by atoms with Crippen molar-refractivity contribution < 1.29 is 19.6 Å². The summed E-state index contributed by atoms with van der Waals surface area (Å²) in [6, 6.07) is 2.13. The quantitative estimate of drug-likeness (QED) is 0.424. The largest absolute Gasteiger partial charge is 0.500 e. The van der Waals surface area contributed by atoms with Crippen LogP contribution >= 0.6 is 12.2 Å². The van der Waals surface area contributed by atoms with E-state index in [4.69, 9.17) is 17.0 Å². The van der Waals surface area contributed by atoms with E-state index in [0.29, 0.717) is 29.1 Å². The van der Waals surface area contributed by atoms with Gasteiger partial charge >= 0.3 is 5.69 Å². The van der Waals surface area contributed by atoms with Crippen LogP contribution in [0.5, 0.6) is 11.5 Å². The first kappa shape index (κ1) is 17.2. The van der Waals surface area contributed by atoms with Crippen molar-refractivity contribution in [2.24, 2.45) is 0 Å². The highest BCUT2D eigenvalue weighted by Crippen LogP contribution is 2.42. The van der Waals surface area contributed by atoms with Crippen LogP contribution in [0.15, 0.2) is 23.4 Å². The summed E-state index contributed by atoms with van der Waals surface area (Å²) in [5.74, 6) is -0.554. The van der Waals surface area contributed by atoms with Crippen LogP contribution in [0, 0.1) is 10.1 Å². The maximum Gasteiger partial charge on any atom is 0.315 e. The number of carbonyl (C=O) groups excluding carboxylic acids is 1. The van der Waals surface area contributed by atoms with Gasteiger partial charge in [0.1, 0.15) is 0 Å². The molecule has 1 aromatic rings. The molecule has 0 aromatic heterocycles. The molecule has 1 aromatic carbocycles. The lowest BCUT2D eigenvalue weighted by atomic mass is 9.85. The minimum atomic E-state index is -0.682. The Morgan fingerprint density at radius 2 is 2.20 bits per heavy atom. The lowest BCUT2D eigenvalue weighted by Gasteiger charge is -2.33. The lowest BCUT2D eigenvalue weighted by Crippen LogP contribution is -2.46. The first-order valence-corrected chi connectivity index (χ1v) is 8.31. The van der Waals surface area contributed by atoms with Gasteiger partial charge in [-0.15, -0.1) is 0 Å². The van der Waals surface area contributed by atoms with Crippen LogP contribution in [0.3, 0.4) is 0 Å². The smallest absolute Gasteiger partial charge is 0.315 e. The fourth-order valence-electron chi connectivity index (χ4n) is 3.14. The van der Waals surface area contributed by atoms with Crippen molar-refractivity contribution in [3.8, 4) is 11.5 Å². The van der Waals surface area contributed by atoms with Crippen LogP contribution < -0.4 is 15.4 Å². The van der Waals surface area contributed by atoms with Crippen molar-refractivity contribution in [3.63, 3.8) is 0 Å². The first-order valence-electron chi connectivity index (χ1n) is 7.90. The maximum atomic E-state index is 12.4. The second kappa shape index (κ2) is 6.67. The zero-order valence-corrected chi connectivity index (χ0v) is 14.3. The number of Topliss-reactive ketones (excluding diaryl/α,β-unsaturated/α-hetero) is 1. The topological polar surface area (TPSA) is 114 Å². The van der Waals surface area contributed by atoms with Crippen LogP contribution in [0.2, 0.25) is 0 Å². The van der Waals surface area contributed by atoms with E-state index in [1.807, 2.05) is 0 Å². The Morgan fingerprint density at radius 1 is 1.44 bits per heavy atom. The van der Waals surface area contributed by atoms with Crippen molar-refractivity contribution in [1.29, 1.82) is 0 Å². The van der Waals surface area contributed by atoms with E-state index in [1.165, 1.54) is 12.1 Å². The van der Waals surface area contributed by atoms with E-state index in [0.717, 1.165) is 12.1 Å². The fourth-order valence-corrected chi connectivity index (χ4v) is 3.38. The van der Waals surface area contributed by atoms with Gasteiger partial charge in [0.2, 0.25) is 5.75 Å². The van der Waals surface area contributed by atoms with Crippen LogP contribution in [0.4, 0.5) is 5.69 Å². The number of ketones is 1. The third-order valence-electron chi connectivity index (χ3n) is 4.19. The Morgan fingerprint density at radius 3 is 2.88 bits per heavy atom. The monoisotopic (exact) mass is 363 g/mol. The number of hydrogen-bond donors (Lipinski definition) is 3. The number of benzene rings is 1. The number of phenolic OH excluding ortho intramolecular Hbond substituents is 1. The van der Waals surface area contributed by atoms with Gasteiger partial charge in [0.15, 0.2) is 16.6 Å². The Balaban J connectivity index is 2.15. The van der Waals surface area contributed by atoms with E-state index in [1.54, 1.807) is 6.92 Å². The highest BCUT2D eigenvalue weighted by molar-refractivity contribution is 7.80. The minimum Gasteiger partial charge on any atom is -0.500 e. The van der Waals surface area contributed by atoms with Gasteiger partial charge in [-0.05, 0) is 43.6 Å². The molecule has 0 amide bonds. The van der Waals surface area contributed by atoms with Crippen LogP contribution in [-0.2, 0) is 4.79 Å². The van der Waals surface area contributed by atoms with Crippen molar-refractivity contribution in [3.05, 3.63) is 39.1 Å². The predicted molar refractivity (Wildman–Crippen MR) is 93.4 cm³/mol. The van der Waals surface area contributed by atoms with Gasteiger partial charge in [0.25, 0.3) is 0 Å². The zero-order valence-electron chi connectivity index (χ0n) is 13.5. The van der Waals surface area contributed by atoms with Crippen molar-refractivity contribution in [2.45, 2.75) is 32.2 Å². The van der Waals surface area contributed by atoms with Gasteiger partial charge in [-0.3, -0.25) is 14.9 Å². The summed E-state index contributed by atoms with van der Waals surface area (Å²) in [6.45, 7) is 1.94. The third kappa shape index (κ3) is 3.14. The number of rotatable bonds is 4. The molecule has 2 aliphatic rings. The number of carbonyl (C=O) groups is 1. The van der Waals surface area contributed by atoms with E-state index in [-0.39, 0.29) is 18.1 Å². The molecule has 132 valence electrons. The molecule has 0 saturated carbocycles. The molecule has 0 saturated heterocycles. The summed E-state index contributed by atoms with van der Waals surface area (Å²) >= 11 is 5.20. The molecule has 3 rings (SSSR count). The number of thiocarbonyl (C=S) groups is 1. The van der Waals surface area contributed by atoms with E-state index in [9.17, 15) is 20.0 Å². The number of hydrogen-bond acceptors (Lipinski definition) is 6. The molecule has 1 aliphatic carbocycles. The summed E-state index contributed by atoms with van der Waals surface area (Å²) in [5, 5.41) is 27.7. The molecule has 1 atom stereocenters. The Bertz CT molecular complexity index is 805. The number of nitro benzene ring substituents is 1. The number of nitrogens with zero attached hydrogens (tertiary/aromatic N) is 1. The summed E-state index contributed by atoms with van der Waals surface area (Å²) in [7, 11) is 0. The molecule has 1 unspecified atom stereocenters. The molecule has 0 radical (unpaired) electrons. The molecule has 1 heterocycles. The fraction of sp³-hybridized carbons (Fsp3) is 0.375. The van der Waals surface area contributed by atoms with E-state index in [2.05, 4.69) is 10.6 Å². The molecule has 0 spiro atoms. The standard InChI is InChI=1S/C16H17N3O5S/c1-2-24-12-7-8(6-10(15(12)21)19(22)23)14-13-9(17-16(25)18-14)4-3-5-11(13)20/h6-7,14,21H,2-5H2,1H3,(H2,17,18,25). The number of allylic oxidation sites excluding steroid dienone is 1. The van der Waals surface area contributed by atoms with E-state index < -0.39 is 22.4 Å². The van der Waals surface area contributed by atoms with Gasteiger partial charge < -0.3 is 20.5 Å². The number of ether oxygens (including phenoxy) is 1. The van der Waals surface area contributed by atoms with Gasteiger partial charge in [0.05, 0.1) is 17.6 Å². The maximum absolute atomic E-state index is 12.4. The second-order valence-corrected chi connectivity index (χ2v) is 6.19. The number of phenols is 1. The average Bonchev–Trinajstić information content (AvgIpc) is 2.56. The highest BCUT2D eigenvalue weighted by Gasteiger charge is 2.35. The molecule has 0 fully saturated rings. The summed E-state index contributed by atoms with van der Waals surface area (Å²) in [4.78, 5) is 23.0. The highest BCUT2D eigenvalue weighted by atomic mass is 32.1. The Labute approximate surface area is 149 Å². The second-order valence-electron chi connectivity index (χ2n) is 5.78. The minimum absolute atomic E-state index is 0.00311. The predicted octanol–water partition coefficient (Wildman–Crippen LogP) is 2.23. The molecule has 25 heavy (non-hydrogen) atoms. The molecule has 9 heteroatoms. The lowest BCUT2D eigenvalue weighted by molar-refractivity contribution is -0.386. The SMILES string of the molecule is CCOc1cc(C2NC(=S)NC3=C2C(=O)CCC3)cc([N+](=O)[O-])c1O. The van der Waals surface area contributed by atoms with Crippen molar-refractivity contribution in [2.75, 3.05) is 6.61 Å². The summed E-state index contributed by atoms with van der Waals surface area (Å²) in [5.41, 5.74) is 1.25. The summed E-state index contributed by atoms with van der Waals surface area (Å²) in [6.07, 6.45) is 1.85. The number of nitro groups is 1. The third-order valence-corrected chi connectivity index (χ3v) is 4.41. The van der Waals surface area contributed by atoms with Crippen LogP contribution in [0.1, 0.15) is 37.8 Å². The molecule has 3 N–H and O–H groups in total. The molecular weight excluding hydrogens is 346 g/mol. The van der Waals surface area contributed by atoms with E-state index >= 15 is 0 Å². The Hall–Kier alpha value is -2.68. The normalized spacial score (nSPS) is 19.8. The van der Waals surface area contributed by atoms with Gasteiger partial charge in [-0.25, -0.2) is 0 Å². The van der Waals surface area contributed by atoms with Crippen LogP contribution in [0.25, 0.3) is 0 Å². The van der Waals surface area contributed by atoms with Crippen molar-refractivity contribution >= 4 is 28.8 Å². The van der Waals surface area contributed by atoms with Crippen molar-refractivity contribution in [1.82, 2.24) is 10.6 Å². The number of nitrogens with one attached hydrogen (secondary N) is 2. The molecule has 8 nitrogen and oxygen atoms in total. The van der Waals surface area contributed by atoms with Gasteiger partial charge in [0, 0.05) is 23.8 Å². The molecule has 0 bridgehead atoms. The molecular formula is C16H17N3O5S. The number of aromatic hydroxyl groups is 1. The first-order chi connectivity index (χ1) is 11.9. The van der Waals surface area contributed by atoms with Gasteiger partial charge in [-0.1, -0.05) is 0 Å². The zero-order chi connectivity index (χ0) is 18.1. The average molecular weight is 363 g/mol. The van der Waals surface area contributed by atoms with Gasteiger partial charge in [-0.2, -0.15) is 0 Å². The summed E-state index contributed by atoms with van der Waals surface area (Å²) < 4.78 is 5.32. The molecule has 1 aliphatic heterocycles.